The summed E-state index contributed by atoms with van der Waals surface area (Å²) < 4.78 is 23.9. The molecule has 2 aromatic carbocycles. The van der Waals surface area contributed by atoms with Crippen LogP contribution in [0.5, 0.6) is 0 Å². The van der Waals surface area contributed by atoms with E-state index in [-0.39, 0.29) is 17.1 Å². The molecule has 52 heavy (non-hydrogen) atoms. The van der Waals surface area contributed by atoms with Gasteiger partial charge in [0, 0.05) is 56.0 Å². The van der Waals surface area contributed by atoms with Gasteiger partial charge in [-0.1, -0.05) is 18.2 Å². The molecule has 0 atom stereocenters. The zero-order chi connectivity index (χ0) is 36.4. The number of carbonyl (C=O) groups excluding carboxylic acids is 2. The van der Waals surface area contributed by atoms with Crippen LogP contribution >= 0.6 is 0 Å². The maximum absolute atomic E-state index is 16.4. The minimum absolute atomic E-state index is 0.0158. The molecule has 1 aliphatic carbocycles. The molecule has 1 saturated carbocycles. The number of aromatic nitrogens is 4. The lowest BCUT2D eigenvalue weighted by molar-refractivity contribution is -0.128. The largest absolute Gasteiger partial charge is 0.444 e. The standard InChI is InChI=1S/C40H43FN8O3/c1-25(50)47-21-19-39(22-47)23-48(24-39)32-10-5-8-28(33(32)41)30-15-16-31-36(44-30)49(35(45-31)29-9-6-20-43-34(29)42)27-13-11-26(12-14-27)40(17-7-18-40)46-37(51)52-38(2,3)4/h5-6,8-16,20H,7,17-19,21-24H2,1-4H3,(H2,42,43)(H,46,51). The molecule has 0 bridgehead atoms. The van der Waals surface area contributed by atoms with Crippen molar-refractivity contribution in [3.05, 3.63) is 84.3 Å². The zero-order valence-corrected chi connectivity index (χ0v) is 29.9. The minimum atomic E-state index is -0.602. The summed E-state index contributed by atoms with van der Waals surface area (Å²) in [4.78, 5) is 43.0. The summed E-state index contributed by atoms with van der Waals surface area (Å²) in [6.07, 6.45) is 4.73. The third-order valence-corrected chi connectivity index (χ3v) is 10.7. The van der Waals surface area contributed by atoms with Crippen LogP contribution in [0.1, 0.15) is 58.9 Å². The third-order valence-electron chi connectivity index (χ3n) is 10.7. The molecule has 268 valence electrons. The number of nitrogens with one attached hydrogen (secondary N) is 1. The number of carbonyl (C=O) groups is 2. The summed E-state index contributed by atoms with van der Waals surface area (Å²) in [5, 5.41) is 3.13. The summed E-state index contributed by atoms with van der Waals surface area (Å²) in [6.45, 7) is 10.0. The summed E-state index contributed by atoms with van der Waals surface area (Å²) in [5.74, 6) is 0.637. The summed E-state index contributed by atoms with van der Waals surface area (Å²) in [5.41, 5.74) is 10.2. The Morgan fingerprint density at radius 2 is 1.67 bits per heavy atom. The topological polar surface area (TPSA) is 132 Å². The van der Waals surface area contributed by atoms with Crippen LogP contribution in [0, 0.1) is 11.2 Å². The molecule has 11 nitrogen and oxygen atoms in total. The first-order valence-corrected chi connectivity index (χ1v) is 17.9. The summed E-state index contributed by atoms with van der Waals surface area (Å²) >= 11 is 0. The zero-order valence-electron chi connectivity index (χ0n) is 29.9. The van der Waals surface area contributed by atoms with Gasteiger partial charge in [0.2, 0.25) is 5.91 Å². The Labute approximate surface area is 302 Å². The Hall–Kier alpha value is -5.52. The predicted octanol–water partition coefficient (Wildman–Crippen LogP) is 6.83. The van der Waals surface area contributed by atoms with Gasteiger partial charge in [-0.15, -0.1) is 0 Å². The van der Waals surface area contributed by atoms with Gasteiger partial charge < -0.3 is 25.6 Å². The number of ether oxygens (including phenoxy) is 1. The van der Waals surface area contributed by atoms with Gasteiger partial charge in [-0.2, -0.15) is 0 Å². The van der Waals surface area contributed by atoms with E-state index in [4.69, 9.17) is 20.4 Å². The monoisotopic (exact) mass is 702 g/mol. The van der Waals surface area contributed by atoms with Gasteiger partial charge >= 0.3 is 6.09 Å². The first-order valence-electron chi connectivity index (χ1n) is 17.9. The van der Waals surface area contributed by atoms with Crippen LogP contribution in [0.2, 0.25) is 0 Å². The molecule has 3 aromatic heterocycles. The number of fused-ring (bicyclic) bond motifs is 1. The van der Waals surface area contributed by atoms with Gasteiger partial charge in [0.15, 0.2) is 17.3 Å². The number of imidazole rings is 1. The number of alkyl carbamates (subject to hydrolysis) is 1. The van der Waals surface area contributed by atoms with Crippen LogP contribution in [-0.4, -0.2) is 68.2 Å². The Balaban J connectivity index is 1.15. The van der Waals surface area contributed by atoms with E-state index < -0.39 is 17.2 Å². The highest BCUT2D eigenvalue weighted by Crippen LogP contribution is 2.44. The third kappa shape index (κ3) is 5.89. The molecule has 0 radical (unpaired) electrons. The van der Waals surface area contributed by atoms with E-state index in [0.717, 1.165) is 43.5 Å². The van der Waals surface area contributed by atoms with E-state index in [9.17, 15) is 9.59 Å². The number of likely N-dealkylation sites (tertiary alicyclic amines) is 1. The second-order valence-electron chi connectivity index (χ2n) is 15.5. The maximum Gasteiger partial charge on any atom is 0.408 e. The number of benzene rings is 2. The SMILES string of the molecule is CC(=O)N1CCC2(C1)CN(c1cccc(-c3ccc4nc(-c5cccnc5N)n(-c5ccc(C6(NC(=O)OC(C)(C)C)CCC6)cc5)c4n3)c1F)C2. The number of hydrogen-bond donors (Lipinski definition) is 2. The normalized spacial score (nSPS) is 17.6. The molecule has 3 aliphatic rings. The summed E-state index contributed by atoms with van der Waals surface area (Å²) in [7, 11) is 0. The number of anilines is 2. The fourth-order valence-corrected chi connectivity index (χ4v) is 7.94. The molecule has 2 amide bonds. The molecule has 5 heterocycles. The van der Waals surface area contributed by atoms with Crippen LogP contribution in [0.3, 0.4) is 0 Å². The lowest BCUT2D eigenvalue weighted by atomic mass is 9.72. The first-order chi connectivity index (χ1) is 24.8. The highest BCUT2D eigenvalue weighted by molar-refractivity contribution is 5.85. The lowest BCUT2D eigenvalue weighted by Gasteiger charge is -2.49. The number of nitrogens with zero attached hydrogens (tertiary/aromatic N) is 6. The van der Waals surface area contributed by atoms with Crippen LogP contribution in [-0.2, 0) is 15.1 Å². The van der Waals surface area contributed by atoms with E-state index in [1.807, 2.05) is 84.8 Å². The minimum Gasteiger partial charge on any atom is -0.444 e. The van der Waals surface area contributed by atoms with Crippen molar-refractivity contribution in [2.75, 3.05) is 36.8 Å². The van der Waals surface area contributed by atoms with Gasteiger partial charge in [0.25, 0.3) is 0 Å². The average molecular weight is 703 g/mol. The highest BCUT2D eigenvalue weighted by atomic mass is 19.1. The van der Waals surface area contributed by atoms with Gasteiger partial charge in [0.1, 0.15) is 16.9 Å². The predicted molar refractivity (Wildman–Crippen MR) is 198 cm³/mol. The number of halogens is 1. The molecule has 5 aromatic rings. The van der Waals surface area contributed by atoms with Crippen molar-refractivity contribution in [2.45, 2.75) is 64.5 Å². The quantitative estimate of drug-likeness (QED) is 0.197. The van der Waals surface area contributed by atoms with Crippen LogP contribution < -0.4 is 16.0 Å². The van der Waals surface area contributed by atoms with Crippen molar-refractivity contribution in [3.63, 3.8) is 0 Å². The molecule has 8 rings (SSSR count). The molecule has 2 aliphatic heterocycles. The Morgan fingerprint density at radius 1 is 0.923 bits per heavy atom. The van der Waals surface area contributed by atoms with E-state index in [2.05, 4.69) is 15.2 Å². The van der Waals surface area contributed by atoms with Crippen molar-refractivity contribution in [2.24, 2.45) is 5.41 Å². The number of nitrogen functional groups attached to an aromatic ring is 1. The van der Waals surface area contributed by atoms with Crippen molar-refractivity contribution in [3.8, 4) is 28.3 Å². The van der Waals surface area contributed by atoms with Gasteiger partial charge in [-0.25, -0.2) is 24.1 Å². The Morgan fingerprint density at radius 3 is 2.33 bits per heavy atom. The second kappa shape index (κ2) is 12.3. The van der Waals surface area contributed by atoms with Crippen molar-refractivity contribution < 1.29 is 18.7 Å². The van der Waals surface area contributed by atoms with E-state index >= 15 is 4.39 Å². The molecule has 3 N–H and O–H groups in total. The van der Waals surface area contributed by atoms with Crippen molar-refractivity contribution in [1.29, 1.82) is 0 Å². The first kappa shape index (κ1) is 33.6. The van der Waals surface area contributed by atoms with E-state index in [0.29, 0.717) is 64.9 Å². The molecule has 12 heteroatoms. The second-order valence-corrected chi connectivity index (χ2v) is 15.5. The smallest absolute Gasteiger partial charge is 0.408 e. The molecule has 3 fully saturated rings. The van der Waals surface area contributed by atoms with Crippen LogP contribution in [0.15, 0.2) is 72.9 Å². The number of hydrogen-bond acceptors (Lipinski definition) is 8. The number of rotatable bonds is 6. The van der Waals surface area contributed by atoms with Gasteiger partial charge in [-0.3, -0.25) is 9.36 Å². The van der Waals surface area contributed by atoms with Gasteiger partial charge in [-0.05, 0) is 101 Å². The number of nitrogens with two attached hydrogens (primary N) is 1. The molecular formula is C40H43FN8O3. The van der Waals surface area contributed by atoms with E-state index in [1.165, 1.54) is 0 Å². The maximum atomic E-state index is 16.4. The molecular weight excluding hydrogens is 659 g/mol. The molecule has 1 spiro atoms. The molecule has 2 saturated heterocycles. The van der Waals surface area contributed by atoms with Crippen LogP contribution in [0.25, 0.3) is 39.5 Å². The van der Waals surface area contributed by atoms with Crippen LogP contribution in [0.4, 0.5) is 20.7 Å². The number of amides is 2. The van der Waals surface area contributed by atoms with E-state index in [1.54, 1.807) is 25.3 Å². The molecule has 0 unspecified atom stereocenters. The van der Waals surface area contributed by atoms with Gasteiger partial charge in [0.05, 0.1) is 22.5 Å². The Bertz CT molecular complexity index is 2200. The number of pyridine rings is 2. The lowest BCUT2D eigenvalue weighted by Crippen LogP contribution is -2.58. The highest BCUT2D eigenvalue weighted by Gasteiger charge is 2.49. The fraction of sp³-hybridized carbons (Fsp3) is 0.375. The summed E-state index contributed by atoms with van der Waals surface area (Å²) in [6, 6.07) is 20.7. The average Bonchev–Trinajstić information content (AvgIpc) is 3.69. The fourth-order valence-electron chi connectivity index (χ4n) is 7.94. The van der Waals surface area contributed by atoms with Crippen molar-refractivity contribution >= 4 is 34.7 Å². The Kier molecular flexibility index (Phi) is 7.96. The van der Waals surface area contributed by atoms with Crippen molar-refractivity contribution in [1.82, 2.24) is 29.7 Å².